The average Bonchev–Trinajstić information content (AvgIpc) is 3.38. The van der Waals surface area contributed by atoms with Crippen molar-refractivity contribution < 1.29 is 4.79 Å². The maximum atomic E-state index is 12.5. The van der Waals surface area contributed by atoms with Crippen molar-refractivity contribution in [1.29, 1.82) is 0 Å². The molecule has 0 saturated heterocycles. The van der Waals surface area contributed by atoms with Gasteiger partial charge >= 0.3 is 0 Å². The molecule has 0 aliphatic heterocycles. The zero-order valence-electron chi connectivity index (χ0n) is 16.8. The van der Waals surface area contributed by atoms with Crippen molar-refractivity contribution in [2.75, 3.05) is 18.4 Å². The molecule has 0 atom stereocenters. The number of nitrogens with one attached hydrogen (secondary N) is 2. The highest BCUT2D eigenvalue weighted by Crippen LogP contribution is 2.18. The quantitative estimate of drug-likeness (QED) is 0.460. The van der Waals surface area contributed by atoms with E-state index in [1.54, 1.807) is 22.5 Å². The molecular weight excluding hydrogens is 380 g/mol. The van der Waals surface area contributed by atoms with Crippen molar-refractivity contribution >= 4 is 11.7 Å². The van der Waals surface area contributed by atoms with Crippen LogP contribution in [0.4, 0.5) is 5.82 Å². The minimum atomic E-state index is -0.177. The Balaban J connectivity index is 1.32. The van der Waals surface area contributed by atoms with Crippen LogP contribution >= 0.6 is 0 Å². The van der Waals surface area contributed by atoms with Crippen LogP contribution in [0.25, 0.3) is 17.1 Å². The van der Waals surface area contributed by atoms with E-state index in [-0.39, 0.29) is 5.91 Å². The number of aromatic nitrogens is 6. The number of anilines is 1. The Kier molecular flexibility index (Phi) is 5.51. The predicted octanol–water partition coefficient (Wildman–Crippen LogP) is 2.21. The second-order valence-electron chi connectivity index (χ2n) is 6.75. The Morgan fingerprint density at radius 1 is 1.03 bits per heavy atom. The van der Waals surface area contributed by atoms with Crippen LogP contribution in [0.1, 0.15) is 16.2 Å². The molecule has 152 valence electrons. The molecule has 0 spiro atoms. The molecule has 1 amide bonds. The van der Waals surface area contributed by atoms with Crippen LogP contribution in [0.3, 0.4) is 0 Å². The summed E-state index contributed by atoms with van der Waals surface area (Å²) in [5.74, 6) is 1.16. The molecule has 2 N–H and O–H groups in total. The van der Waals surface area contributed by atoms with Crippen LogP contribution in [0.5, 0.6) is 0 Å². The Labute approximate surface area is 173 Å². The number of carbonyl (C=O) groups excluding carboxylic acids is 1. The van der Waals surface area contributed by atoms with E-state index in [1.807, 2.05) is 55.6 Å². The van der Waals surface area contributed by atoms with Gasteiger partial charge in [-0.25, -0.2) is 14.6 Å². The lowest BCUT2D eigenvalue weighted by Gasteiger charge is -2.08. The zero-order chi connectivity index (χ0) is 20.9. The first-order chi connectivity index (χ1) is 14.6. The minimum absolute atomic E-state index is 0.177. The van der Waals surface area contributed by atoms with Crippen LogP contribution in [-0.2, 0) is 7.05 Å². The summed E-state index contributed by atoms with van der Waals surface area (Å²) in [4.78, 5) is 21.0. The van der Waals surface area contributed by atoms with Gasteiger partial charge in [0, 0.05) is 38.0 Å². The molecule has 0 aliphatic rings. The molecule has 9 heteroatoms. The maximum absolute atomic E-state index is 12.5. The molecule has 0 unspecified atom stereocenters. The number of nitrogens with zero attached hydrogens (tertiary/aromatic N) is 6. The van der Waals surface area contributed by atoms with E-state index in [9.17, 15) is 4.79 Å². The molecule has 4 rings (SSSR count). The number of hydrogen-bond acceptors (Lipinski definition) is 6. The van der Waals surface area contributed by atoms with Crippen LogP contribution in [0, 0.1) is 6.92 Å². The Morgan fingerprint density at radius 2 is 1.87 bits per heavy atom. The summed E-state index contributed by atoms with van der Waals surface area (Å²) in [6.07, 6.45) is 3.33. The Morgan fingerprint density at radius 3 is 2.63 bits per heavy atom. The van der Waals surface area contributed by atoms with Crippen molar-refractivity contribution in [3.05, 3.63) is 72.4 Å². The van der Waals surface area contributed by atoms with Crippen molar-refractivity contribution in [1.82, 2.24) is 34.8 Å². The van der Waals surface area contributed by atoms with Gasteiger partial charge in [0.2, 0.25) is 0 Å². The van der Waals surface area contributed by atoms with Gasteiger partial charge in [-0.3, -0.25) is 9.48 Å². The third kappa shape index (κ3) is 4.35. The van der Waals surface area contributed by atoms with Crippen LogP contribution < -0.4 is 10.6 Å². The number of carbonyl (C=O) groups is 1. The zero-order valence-corrected chi connectivity index (χ0v) is 16.8. The van der Waals surface area contributed by atoms with E-state index in [0.717, 1.165) is 17.0 Å². The average molecular weight is 402 g/mol. The third-order valence-electron chi connectivity index (χ3n) is 4.51. The van der Waals surface area contributed by atoms with Gasteiger partial charge in [-0.05, 0) is 19.1 Å². The first-order valence-corrected chi connectivity index (χ1v) is 9.56. The predicted molar refractivity (Wildman–Crippen MR) is 113 cm³/mol. The summed E-state index contributed by atoms with van der Waals surface area (Å²) in [5, 5.41) is 14.9. The molecule has 0 saturated carbocycles. The summed E-state index contributed by atoms with van der Waals surface area (Å²) < 4.78 is 3.28. The highest BCUT2D eigenvalue weighted by molar-refractivity contribution is 5.93. The lowest BCUT2D eigenvalue weighted by atomic mass is 10.1. The van der Waals surface area contributed by atoms with E-state index >= 15 is 0 Å². The van der Waals surface area contributed by atoms with Gasteiger partial charge in [-0.2, -0.15) is 10.2 Å². The third-order valence-corrected chi connectivity index (χ3v) is 4.51. The van der Waals surface area contributed by atoms with Gasteiger partial charge in [0.15, 0.2) is 5.82 Å². The molecular formula is C21H22N8O. The lowest BCUT2D eigenvalue weighted by Crippen LogP contribution is -2.30. The Hall–Kier alpha value is -4.01. The molecule has 30 heavy (non-hydrogen) atoms. The number of benzene rings is 1. The summed E-state index contributed by atoms with van der Waals surface area (Å²) in [6, 6.07) is 15.3. The Bertz CT molecular complexity index is 1150. The SMILES string of the molecule is Cc1ccn(-c2cc(NCCNC(=O)c3cc(-c4ccccc4)nn3C)ncn2)n1. The van der Waals surface area contributed by atoms with E-state index < -0.39 is 0 Å². The molecule has 0 radical (unpaired) electrons. The van der Waals surface area contributed by atoms with Gasteiger partial charge in [0.1, 0.15) is 17.8 Å². The standard InChI is InChI=1S/C21H22N8O/c1-15-8-11-29(26-15)20-13-19(24-14-25-20)22-9-10-23-21(30)18-12-17(27-28(18)2)16-6-4-3-5-7-16/h3-8,11-14H,9-10H2,1-2H3,(H,23,30)(H,22,24,25). The molecule has 1 aromatic carbocycles. The van der Waals surface area contributed by atoms with E-state index in [0.29, 0.717) is 30.4 Å². The van der Waals surface area contributed by atoms with Crippen molar-refractivity contribution in [3.8, 4) is 17.1 Å². The number of amides is 1. The summed E-state index contributed by atoms with van der Waals surface area (Å²) in [7, 11) is 1.76. The van der Waals surface area contributed by atoms with Crippen molar-refractivity contribution in [2.45, 2.75) is 6.92 Å². The first-order valence-electron chi connectivity index (χ1n) is 9.56. The van der Waals surface area contributed by atoms with Gasteiger partial charge < -0.3 is 10.6 Å². The second kappa shape index (κ2) is 8.56. The van der Waals surface area contributed by atoms with Crippen molar-refractivity contribution in [2.24, 2.45) is 7.05 Å². The molecule has 3 aromatic heterocycles. The molecule has 3 heterocycles. The van der Waals surface area contributed by atoms with Crippen LogP contribution in [0.15, 0.2) is 61.1 Å². The minimum Gasteiger partial charge on any atom is -0.368 e. The second-order valence-corrected chi connectivity index (χ2v) is 6.75. The molecule has 0 bridgehead atoms. The topological polar surface area (TPSA) is 103 Å². The maximum Gasteiger partial charge on any atom is 0.269 e. The number of rotatable bonds is 7. The van der Waals surface area contributed by atoms with Gasteiger partial charge in [0.05, 0.1) is 11.4 Å². The molecule has 0 aliphatic carbocycles. The highest BCUT2D eigenvalue weighted by Gasteiger charge is 2.13. The summed E-state index contributed by atoms with van der Waals surface area (Å²) in [5.41, 5.74) is 3.16. The molecule has 0 fully saturated rings. The monoisotopic (exact) mass is 402 g/mol. The lowest BCUT2D eigenvalue weighted by molar-refractivity contribution is 0.0946. The fraction of sp³-hybridized carbons (Fsp3) is 0.190. The number of aryl methyl sites for hydroxylation is 2. The van der Waals surface area contributed by atoms with Gasteiger partial charge in [-0.15, -0.1) is 0 Å². The number of hydrogen-bond donors (Lipinski definition) is 2. The van der Waals surface area contributed by atoms with E-state index in [1.165, 1.54) is 6.33 Å². The normalized spacial score (nSPS) is 10.7. The largest absolute Gasteiger partial charge is 0.368 e. The van der Waals surface area contributed by atoms with Gasteiger partial charge in [-0.1, -0.05) is 30.3 Å². The fourth-order valence-electron chi connectivity index (χ4n) is 3.00. The highest BCUT2D eigenvalue weighted by atomic mass is 16.2. The van der Waals surface area contributed by atoms with Crippen LogP contribution in [-0.4, -0.2) is 48.5 Å². The smallest absolute Gasteiger partial charge is 0.269 e. The molecule has 4 aromatic rings. The molecule has 9 nitrogen and oxygen atoms in total. The van der Waals surface area contributed by atoms with E-state index in [4.69, 9.17) is 0 Å². The first kappa shape index (κ1) is 19.3. The van der Waals surface area contributed by atoms with Gasteiger partial charge in [0.25, 0.3) is 5.91 Å². The van der Waals surface area contributed by atoms with Crippen LogP contribution in [0.2, 0.25) is 0 Å². The summed E-state index contributed by atoms with van der Waals surface area (Å²) in [6.45, 7) is 2.87. The van der Waals surface area contributed by atoms with E-state index in [2.05, 4.69) is 30.8 Å². The van der Waals surface area contributed by atoms with Crippen molar-refractivity contribution in [3.63, 3.8) is 0 Å². The fourth-order valence-corrected chi connectivity index (χ4v) is 3.00. The summed E-state index contributed by atoms with van der Waals surface area (Å²) >= 11 is 0.